The van der Waals surface area contributed by atoms with Crippen LogP contribution in [0.1, 0.15) is 42.7 Å². The van der Waals surface area contributed by atoms with Crippen LogP contribution in [0.15, 0.2) is 87.4 Å². The molecule has 0 radical (unpaired) electrons. The van der Waals surface area contributed by atoms with Gasteiger partial charge in [0.25, 0.3) is 0 Å². The smallest absolute Gasteiger partial charge is 0.151 e. The molecule has 0 saturated heterocycles. The van der Waals surface area contributed by atoms with E-state index >= 15 is 0 Å². The molecule has 0 amide bonds. The van der Waals surface area contributed by atoms with Crippen LogP contribution >= 0.6 is 0 Å². The van der Waals surface area contributed by atoms with Gasteiger partial charge in [0.15, 0.2) is 5.76 Å². The second kappa shape index (κ2) is 9.56. The molecule has 2 heterocycles. The summed E-state index contributed by atoms with van der Waals surface area (Å²) in [6.07, 6.45) is 4.17. The Morgan fingerprint density at radius 1 is 1.06 bits per heavy atom. The van der Waals surface area contributed by atoms with Crippen molar-refractivity contribution in [3.63, 3.8) is 0 Å². The highest BCUT2D eigenvalue weighted by molar-refractivity contribution is 6.01. The molecule has 0 spiro atoms. The van der Waals surface area contributed by atoms with Crippen molar-refractivity contribution in [3.05, 3.63) is 95.2 Å². The topological polar surface area (TPSA) is 44.3 Å². The van der Waals surface area contributed by atoms with Gasteiger partial charge in [0.2, 0.25) is 0 Å². The second-order valence-electron chi connectivity index (χ2n) is 8.74. The van der Waals surface area contributed by atoms with Crippen LogP contribution in [0.25, 0.3) is 11.0 Å². The summed E-state index contributed by atoms with van der Waals surface area (Å²) in [6, 6.07) is 25.2. The standard InChI is InChI=1S/C29H30N4O/c1-4-32(26-14-11-21(2)12-15-26)31-22(3)29-19-25-18-23(13-16-28(25)34-29)20-30-33-17-7-9-24-8-5-6-10-27(24)33/h5-6,8,10-16,18-20H,4,7,9,17H2,1-3H3/b30-20+,31-22+. The molecule has 172 valence electrons. The summed E-state index contributed by atoms with van der Waals surface area (Å²) in [5.74, 6) is 0.777. The summed E-state index contributed by atoms with van der Waals surface area (Å²) in [4.78, 5) is 0. The van der Waals surface area contributed by atoms with E-state index < -0.39 is 0 Å². The van der Waals surface area contributed by atoms with Gasteiger partial charge >= 0.3 is 0 Å². The average molecular weight is 451 g/mol. The number of anilines is 2. The van der Waals surface area contributed by atoms with Crippen LogP contribution in [-0.4, -0.2) is 25.0 Å². The SMILES string of the molecule is CCN(/N=C(\C)c1cc2cc(/C=N/N3CCCc4ccccc43)ccc2o1)c1ccc(C)cc1. The van der Waals surface area contributed by atoms with Gasteiger partial charge in [0.05, 0.1) is 17.6 Å². The molecule has 5 rings (SSSR count). The van der Waals surface area contributed by atoms with Gasteiger partial charge in [0.1, 0.15) is 11.3 Å². The molecule has 0 saturated carbocycles. The number of hydrogen-bond acceptors (Lipinski definition) is 5. The highest BCUT2D eigenvalue weighted by Gasteiger charge is 2.15. The van der Waals surface area contributed by atoms with Crippen molar-refractivity contribution in [3.8, 4) is 0 Å². The van der Waals surface area contributed by atoms with Crippen molar-refractivity contribution >= 4 is 34.3 Å². The van der Waals surface area contributed by atoms with Crippen LogP contribution in [0.4, 0.5) is 11.4 Å². The highest BCUT2D eigenvalue weighted by Crippen LogP contribution is 2.27. The largest absolute Gasteiger partial charge is 0.455 e. The summed E-state index contributed by atoms with van der Waals surface area (Å²) in [5, 5.41) is 14.8. The fraction of sp³-hybridized carbons (Fsp3) is 0.241. The Labute approximate surface area is 201 Å². The van der Waals surface area contributed by atoms with E-state index in [2.05, 4.69) is 79.5 Å². The molecule has 0 unspecified atom stereocenters. The average Bonchev–Trinajstić information content (AvgIpc) is 3.30. The van der Waals surface area contributed by atoms with Crippen molar-refractivity contribution < 1.29 is 4.42 Å². The molecule has 1 aromatic heterocycles. The van der Waals surface area contributed by atoms with Gasteiger partial charge in [-0.3, -0.25) is 10.0 Å². The van der Waals surface area contributed by atoms with Crippen molar-refractivity contribution in [1.29, 1.82) is 0 Å². The van der Waals surface area contributed by atoms with Crippen molar-refractivity contribution in [1.82, 2.24) is 0 Å². The lowest BCUT2D eigenvalue weighted by atomic mass is 10.0. The normalized spacial score (nSPS) is 14.1. The van der Waals surface area contributed by atoms with Gasteiger partial charge in [0, 0.05) is 18.5 Å². The fourth-order valence-corrected chi connectivity index (χ4v) is 4.35. The predicted octanol–water partition coefficient (Wildman–Crippen LogP) is 6.78. The Hall–Kier alpha value is -3.86. The minimum Gasteiger partial charge on any atom is -0.455 e. The number of aryl methyl sites for hydroxylation is 2. The Bertz CT molecular complexity index is 1350. The number of para-hydroxylation sites is 1. The number of nitrogens with zero attached hydrogens (tertiary/aromatic N) is 4. The zero-order valence-electron chi connectivity index (χ0n) is 20.0. The lowest BCUT2D eigenvalue weighted by Gasteiger charge is -2.26. The third-order valence-corrected chi connectivity index (χ3v) is 6.23. The van der Waals surface area contributed by atoms with E-state index in [0.29, 0.717) is 0 Å². The van der Waals surface area contributed by atoms with Crippen molar-refractivity contribution in [2.24, 2.45) is 10.2 Å². The number of fused-ring (bicyclic) bond motifs is 2. The molecular weight excluding hydrogens is 420 g/mol. The molecule has 3 aromatic carbocycles. The fourth-order valence-electron chi connectivity index (χ4n) is 4.35. The zero-order valence-corrected chi connectivity index (χ0v) is 20.0. The van der Waals surface area contributed by atoms with E-state index in [0.717, 1.165) is 59.6 Å². The number of benzene rings is 3. The van der Waals surface area contributed by atoms with Crippen LogP contribution in [0.3, 0.4) is 0 Å². The van der Waals surface area contributed by atoms with E-state index in [1.165, 1.54) is 16.8 Å². The number of rotatable bonds is 6. The van der Waals surface area contributed by atoms with Gasteiger partial charge in [-0.1, -0.05) is 35.9 Å². The molecule has 1 aliphatic rings. The second-order valence-corrected chi connectivity index (χ2v) is 8.74. The van der Waals surface area contributed by atoms with E-state index in [9.17, 15) is 0 Å². The predicted molar refractivity (Wildman–Crippen MR) is 142 cm³/mol. The van der Waals surface area contributed by atoms with Crippen molar-refractivity contribution in [2.75, 3.05) is 23.1 Å². The Morgan fingerprint density at radius 2 is 1.88 bits per heavy atom. The third kappa shape index (κ3) is 4.60. The summed E-state index contributed by atoms with van der Waals surface area (Å²) >= 11 is 0. The molecule has 4 aromatic rings. The lowest BCUT2D eigenvalue weighted by Crippen LogP contribution is -2.24. The van der Waals surface area contributed by atoms with Gasteiger partial charge in [-0.15, -0.1) is 0 Å². The first kappa shape index (κ1) is 22.0. The Balaban J connectivity index is 1.37. The van der Waals surface area contributed by atoms with Crippen molar-refractivity contribution in [2.45, 2.75) is 33.6 Å². The molecule has 5 nitrogen and oxygen atoms in total. The van der Waals surface area contributed by atoms with Crippen LogP contribution in [0.5, 0.6) is 0 Å². The van der Waals surface area contributed by atoms with E-state index in [1.807, 2.05) is 30.3 Å². The molecule has 34 heavy (non-hydrogen) atoms. The van der Waals surface area contributed by atoms with Gasteiger partial charge < -0.3 is 4.42 Å². The van der Waals surface area contributed by atoms with Crippen LogP contribution in [0.2, 0.25) is 0 Å². The Morgan fingerprint density at radius 3 is 2.71 bits per heavy atom. The quantitative estimate of drug-likeness (QED) is 0.240. The molecule has 0 bridgehead atoms. The minimum atomic E-state index is 0.777. The molecule has 0 aliphatic carbocycles. The van der Waals surface area contributed by atoms with E-state index in [1.54, 1.807) is 0 Å². The summed E-state index contributed by atoms with van der Waals surface area (Å²) in [7, 11) is 0. The van der Waals surface area contributed by atoms with Crippen LogP contribution in [0, 0.1) is 6.92 Å². The number of hydrazone groups is 2. The monoisotopic (exact) mass is 450 g/mol. The number of furan rings is 1. The van der Waals surface area contributed by atoms with Gasteiger partial charge in [-0.25, -0.2) is 0 Å². The molecular formula is C29H30N4O. The molecule has 5 heteroatoms. The maximum atomic E-state index is 6.11. The Kier molecular flexibility index (Phi) is 6.17. The number of hydrogen-bond donors (Lipinski definition) is 0. The highest BCUT2D eigenvalue weighted by atomic mass is 16.3. The summed E-state index contributed by atoms with van der Waals surface area (Å²) < 4.78 is 6.11. The maximum Gasteiger partial charge on any atom is 0.151 e. The molecule has 0 N–H and O–H groups in total. The molecule has 0 atom stereocenters. The third-order valence-electron chi connectivity index (χ3n) is 6.23. The van der Waals surface area contributed by atoms with E-state index in [4.69, 9.17) is 14.6 Å². The van der Waals surface area contributed by atoms with Gasteiger partial charge in [-0.05, 0) is 87.2 Å². The summed E-state index contributed by atoms with van der Waals surface area (Å²) in [5.41, 5.74) is 7.62. The zero-order chi connectivity index (χ0) is 23.5. The molecule has 1 aliphatic heterocycles. The minimum absolute atomic E-state index is 0.777. The van der Waals surface area contributed by atoms with Crippen LogP contribution < -0.4 is 10.0 Å². The van der Waals surface area contributed by atoms with E-state index in [-0.39, 0.29) is 0 Å². The summed E-state index contributed by atoms with van der Waals surface area (Å²) in [6.45, 7) is 7.90. The maximum absolute atomic E-state index is 6.11. The molecule has 0 fully saturated rings. The van der Waals surface area contributed by atoms with Crippen LogP contribution in [-0.2, 0) is 6.42 Å². The first-order chi connectivity index (χ1) is 16.6. The first-order valence-electron chi connectivity index (χ1n) is 11.9. The first-order valence-corrected chi connectivity index (χ1v) is 11.9. The lowest BCUT2D eigenvalue weighted by molar-refractivity contribution is 0.603. The van der Waals surface area contributed by atoms with Gasteiger partial charge in [-0.2, -0.15) is 10.2 Å².